The lowest BCUT2D eigenvalue weighted by molar-refractivity contribution is 1.03. The molecule has 0 aliphatic rings. The number of halogens is 1. The van der Waals surface area contributed by atoms with Crippen molar-refractivity contribution in [3.63, 3.8) is 0 Å². The largest absolute Gasteiger partial charge is 0.305 e. The van der Waals surface area contributed by atoms with Gasteiger partial charge in [0.25, 0.3) is 0 Å². The Kier molecular flexibility index (Phi) is 2.38. The van der Waals surface area contributed by atoms with Crippen molar-refractivity contribution < 1.29 is 0 Å². The van der Waals surface area contributed by atoms with Crippen molar-refractivity contribution in [1.82, 2.24) is 24.3 Å². The monoisotopic (exact) mass is 245 g/mol. The minimum absolute atomic E-state index is 0.647. The van der Waals surface area contributed by atoms with Gasteiger partial charge in [-0.2, -0.15) is 0 Å². The number of hydrogen-bond acceptors (Lipinski definition) is 3. The second-order valence-electron chi connectivity index (χ2n) is 3.47. The van der Waals surface area contributed by atoms with Gasteiger partial charge < -0.3 is 4.57 Å². The van der Waals surface area contributed by atoms with Crippen molar-refractivity contribution in [2.75, 3.05) is 0 Å². The van der Waals surface area contributed by atoms with Crippen LogP contribution in [0.15, 0.2) is 49.6 Å². The standard InChI is InChI=1S/C11H8ClN5/c12-10-5-9(17-7-14-15-8-17)1-2-11(10)16-4-3-13-6-16/h1-8H. The summed E-state index contributed by atoms with van der Waals surface area (Å²) in [5.41, 5.74) is 1.81. The molecule has 0 N–H and O–H groups in total. The molecule has 0 fully saturated rings. The highest BCUT2D eigenvalue weighted by atomic mass is 35.5. The van der Waals surface area contributed by atoms with Gasteiger partial charge in [0, 0.05) is 18.1 Å². The Labute approximate surface area is 102 Å². The minimum Gasteiger partial charge on any atom is -0.305 e. The lowest BCUT2D eigenvalue weighted by Gasteiger charge is -2.07. The summed E-state index contributed by atoms with van der Waals surface area (Å²) >= 11 is 6.23. The van der Waals surface area contributed by atoms with Gasteiger partial charge in [0.1, 0.15) is 12.7 Å². The smallest absolute Gasteiger partial charge is 0.123 e. The van der Waals surface area contributed by atoms with Crippen LogP contribution in [0.3, 0.4) is 0 Å². The van der Waals surface area contributed by atoms with E-state index in [9.17, 15) is 0 Å². The maximum atomic E-state index is 6.23. The Morgan fingerprint density at radius 2 is 1.82 bits per heavy atom. The first-order chi connectivity index (χ1) is 8.34. The van der Waals surface area contributed by atoms with E-state index in [1.807, 2.05) is 29.0 Å². The highest BCUT2D eigenvalue weighted by Crippen LogP contribution is 2.23. The van der Waals surface area contributed by atoms with Crippen LogP contribution in [0.4, 0.5) is 0 Å². The van der Waals surface area contributed by atoms with E-state index >= 15 is 0 Å². The van der Waals surface area contributed by atoms with Crippen LogP contribution in [-0.2, 0) is 0 Å². The molecule has 17 heavy (non-hydrogen) atoms. The fraction of sp³-hybridized carbons (Fsp3) is 0. The molecule has 2 heterocycles. The number of imidazole rings is 1. The minimum atomic E-state index is 0.647. The SMILES string of the molecule is Clc1cc(-n2cnnc2)ccc1-n1ccnc1. The summed E-state index contributed by atoms with van der Waals surface area (Å²) in [4.78, 5) is 3.99. The highest BCUT2D eigenvalue weighted by molar-refractivity contribution is 6.32. The van der Waals surface area contributed by atoms with Crippen molar-refractivity contribution in [2.24, 2.45) is 0 Å². The molecule has 3 rings (SSSR count). The van der Waals surface area contributed by atoms with Crippen LogP contribution in [0.5, 0.6) is 0 Å². The Bertz CT molecular complexity index is 615. The van der Waals surface area contributed by atoms with Gasteiger partial charge >= 0.3 is 0 Å². The zero-order valence-corrected chi connectivity index (χ0v) is 9.49. The average Bonchev–Trinajstić information content (AvgIpc) is 3.02. The van der Waals surface area contributed by atoms with E-state index in [0.717, 1.165) is 11.4 Å². The fourth-order valence-electron chi connectivity index (χ4n) is 1.60. The molecule has 5 nitrogen and oxygen atoms in total. The number of rotatable bonds is 2. The van der Waals surface area contributed by atoms with Crippen LogP contribution >= 0.6 is 11.6 Å². The molecule has 6 heteroatoms. The molecular formula is C11H8ClN5. The molecule has 3 aromatic rings. The van der Waals surface area contributed by atoms with Crippen LogP contribution in [0.2, 0.25) is 5.02 Å². The molecule has 0 unspecified atom stereocenters. The zero-order valence-electron chi connectivity index (χ0n) is 8.73. The van der Waals surface area contributed by atoms with Gasteiger partial charge in [0.15, 0.2) is 0 Å². The van der Waals surface area contributed by atoms with Gasteiger partial charge in [-0.25, -0.2) is 4.98 Å². The van der Waals surface area contributed by atoms with Crippen molar-refractivity contribution in [1.29, 1.82) is 0 Å². The van der Waals surface area contributed by atoms with E-state index in [0.29, 0.717) is 5.02 Å². The summed E-state index contributed by atoms with van der Waals surface area (Å²) in [6.45, 7) is 0. The van der Waals surface area contributed by atoms with E-state index in [1.165, 1.54) is 0 Å². The second-order valence-corrected chi connectivity index (χ2v) is 3.88. The van der Waals surface area contributed by atoms with Crippen LogP contribution < -0.4 is 0 Å². The second kappa shape index (κ2) is 4.03. The predicted octanol–water partition coefficient (Wildman–Crippen LogP) is 2.11. The van der Waals surface area contributed by atoms with Gasteiger partial charge in [-0.05, 0) is 18.2 Å². The number of aromatic nitrogens is 5. The molecule has 0 saturated heterocycles. The summed E-state index contributed by atoms with van der Waals surface area (Å²) < 4.78 is 3.65. The maximum absolute atomic E-state index is 6.23. The zero-order chi connectivity index (χ0) is 11.7. The maximum Gasteiger partial charge on any atom is 0.123 e. The molecule has 2 aromatic heterocycles. The first kappa shape index (κ1) is 10.0. The molecule has 0 spiro atoms. The molecule has 0 radical (unpaired) electrons. The van der Waals surface area contributed by atoms with Gasteiger partial charge in [0.05, 0.1) is 17.0 Å². The number of hydrogen-bond donors (Lipinski definition) is 0. The van der Waals surface area contributed by atoms with E-state index in [-0.39, 0.29) is 0 Å². The van der Waals surface area contributed by atoms with E-state index in [1.54, 1.807) is 29.7 Å². The van der Waals surface area contributed by atoms with Crippen molar-refractivity contribution in [2.45, 2.75) is 0 Å². The lowest BCUT2D eigenvalue weighted by atomic mass is 10.2. The first-order valence-electron chi connectivity index (χ1n) is 4.97. The molecule has 1 aromatic carbocycles. The quantitative estimate of drug-likeness (QED) is 0.695. The topological polar surface area (TPSA) is 48.5 Å². The predicted molar refractivity (Wildman–Crippen MR) is 63.5 cm³/mol. The van der Waals surface area contributed by atoms with Crippen LogP contribution in [-0.4, -0.2) is 24.3 Å². The van der Waals surface area contributed by atoms with Gasteiger partial charge in [-0.1, -0.05) is 11.6 Å². The fourth-order valence-corrected chi connectivity index (χ4v) is 1.87. The third-order valence-electron chi connectivity index (χ3n) is 2.43. The summed E-state index contributed by atoms with van der Waals surface area (Å²) in [5, 5.41) is 8.16. The highest BCUT2D eigenvalue weighted by Gasteiger charge is 2.04. The third kappa shape index (κ3) is 1.81. The normalized spacial score (nSPS) is 10.6. The Morgan fingerprint density at radius 3 is 2.47 bits per heavy atom. The van der Waals surface area contributed by atoms with Crippen LogP contribution in [0.1, 0.15) is 0 Å². The summed E-state index contributed by atoms with van der Waals surface area (Å²) in [6, 6.07) is 5.74. The molecule has 84 valence electrons. The van der Waals surface area contributed by atoms with Crippen LogP contribution in [0.25, 0.3) is 11.4 Å². The van der Waals surface area contributed by atoms with E-state index < -0.39 is 0 Å². The van der Waals surface area contributed by atoms with Crippen molar-refractivity contribution in [3.05, 3.63) is 54.6 Å². The van der Waals surface area contributed by atoms with E-state index in [2.05, 4.69) is 15.2 Å². The molecule has 0 aliphatic heterocycles. The van der Waals surface area contributed by atoms with E-state index in [4.69, 9.17) is 11.6 Å². The first-order valence-corrected chi connectivity index (χ1v) is 5.35. The van der Waals surface area contributed by atoms with Crippen molar-refractivity contribution >= 4 is 11.6 Å². The Balaban J connectivity index is 2.06. The molecular weight excluding hydrogens is 238 g/mol. The number of benzene rings is 1. The Morgan fingerprint density at radius 1 is 1.00 bits per heavy atom. The average molecular weight is 246 g/mol. The summed E-state index contributed by atoms with van der Waals surface area (Å²) in [7, 11) is 0. The summed E-state index contributed by atoms with van der Waals surface area (Å²) in [6.07, 6.45) is 8.52. The third-order valence-corrected chi connectivity index (χ3v) is 2.73. The van der Waals surface area contributed by atoms with Crippen LogP contribution in [0, 0.1) is 0 Å². The lowest BCUT2D eigenvalue weighted by Crippen LogP contribution is -1.95. The number of nitrogens with zero attached hydrogens (tertiary/aromatic N) is 5. The summed E-state index contributed by atoms with van der Waals surface area (Å²) in [5.74, 6) is 0. The molecule has 0 aliphatic carbocycles. The van der Waals surface area contributed by atoms with Gasteiger partial charge in [-0.15, -0.1) is 10.2 Å². The Hall–Kier alpha value is -2.14. The van der Waals surface area contributed by atoms with Gasteiger partial charge in [-0.3, -0.25) is 4.57 Å². The molecule has 0 saturated carbocycles. The van der Waals surface area contributed by atoms with Gasteiger partial charge in [0.2, 0.25) is 0 Å². The molecule has 0 bridgehead atoms. The molecule has 0 atom stereocenters. The van der Waals surface area contributed by atoms with Crippen molar-refractivity contribution in [3.8, 4) is 11.4 Å². The molecule has 0 amide bonds.